The van der Waals surface area contributed by atoms with Gasteiger partial charge < -0.3 is 5.32 Å². The van der Waals surface area contributed by atoms with E-state index in [1.54, 1.807) is 0 Å². The van der Waals surface area contributed by atoms with Crippen LogP contribution in [0.15, 0.2) is 21.2 Å². The monoisotopic (exact) mass is 374 g/mol. The Morgan fingerprint density at radius 1 is 1.28 bits per heavy atom. The molecule has 0 unspecified atom stereocenters. The maximum absolute atomic E-state index is 4.37. The predicted molar refractivity (Wildman–Crippen MR) is 83.9 cm³/mol. The molecule has 0 aromatic carbocycles. The lowest BCUT2D eigenvalue weighted by atomic mass is 9.81. The van der Waals surface area contributed by atoms with E-state index >= 15 is 0 Å². The highest BCUT2D eigenvalue weighted by atomic mass is 79.9. The van der Waals surface area contributed by atoms with Crippen molar-refractivity contribution >= 4 is 37.7 Å². The van der Waals surface area contributed by atoms with Crippen molar-refractivity contribution < 1.29 is 0 Å². The Kier molecular flexibility index (Phi) is 5.49. The molecule has 1 aliphatic rings. The second-order valence-corrected chi connectivity index (χ2v) is 7.10. The van der Waals surface area contributed by atoms with Gasteiger partial charge in [-0.05, 0) is 56.2 Å². The molecule has 1 fully saturated rings. The Bertz CT molecular complexity index is 387. The summed E-state index contributed by atoms with van der Waals surface area (Å²) in [5.41, 5.74) is 0. The highest BCUT2D eigenvalue weighted by Gasteiger charge is 2.17. The molecule has 1 saturated carbocycles. The van der Waals surface area contributed by atoms with Crippen molar-refractivity contribution in [1.29, 1.82) is 0 Å². The average Bonchev–Trinajstić information content (AvgIpc) is 2.34. The van der Waals surface area contributed by atoms with E-state index < -0.39 is 0 Å². The number of hydrogen-bond donors (Lipinski definition) is 1. The number of hydrogen-bond acceptors (Lipinski definition) is 2. The van der Waals surface area contributed by atoms with Crippen LogP contribution < -0.4 is 5.32 Å². The van der Waals surface area contributed by atoms with E-state index in [-0.39, 0.29) is 0 Å². The number of rotatable bonds is 4. The lowest BCUT2D eigenvalue weighted by molar-refractivity contribution is 0.282. The summed E-state index contributed by atoms with van der Waals surface area (Å²) in [6.07, 6.45) is 8.71. The molecule has 0 saturated heterocycles. The van der Waals surface area contributed by atoms with Gasteiger partial charge in [0.2, 0.25) is 0 Å². The highest BCUT2D eigenvalue weighted by Crippen LogP contribution is 2.30. The minimum absolute atomic E-state index is 0.905. The molecule has 1 aliphatic carbocycles. The zero-order valence-corrected chi connectivity index (χ0v) is 13.9. The molecule has 0 amide bonds. The van der Waals surface area contributed by atoms with Crippen molar-refractivity contribution in [2.45, 2.75) is 39.0 Å². The van der Waals surface area contributed by atoms with Gasteiger partial charge in [-0.3, -0.25) is 0 Å². The number of anilines is 1. The SMILES string of the molecule is CC1CCC(CCNc2ncc(Br)cc2Br)CC1. The first kappa shape index (κ1) is 14.3. The van der Waals surface area contributed by atoms with Crippen molar-refractivity contribution in [2.75, 3.05) is 11.9 Å². The van der Waals surface area contributed by atoms with E-state index in [0.29, 0.717) is 0 Å². The number of nitrogens with zero attached hydrogens (tertiary/aromatic N) is 1. The molecular formula is C14H20Br2N2. The van der Waals surface area contributed by atoms with E-state index in [0.717, 1.165) is 33.1 Å². The van der Waals surface area contributed by atoms with Crippen LogP contribution in [0.25, 0.3) is 0 Å². The van der Waals surface area contributed by atoms with Crippen LogP contribution in [-0.4, -0.2) is 11.5 Å². The maximum Gasteiger partial charge on any atom is 0.140 e. The quantitative estimate of drug-likeness (QED) is 0.778. The van der Waals surface area contributed by atoms with Gasteiger partial charge >= 0.3 is 0 Å². The predicted octanol–water partition coefficient (Wildman–Crippen LogP) is 5.23. The molecule has 18 heavy (non-hydrogen) atoms. The van der Waals surface area contributed by atoms with Crippen LogP contribution in [-0.2, 0) is 0 Å². The zero-order chi connectivity index (χ0) is 13.0. The van der Waals surface area contributed by atoms with Gasteiger partial charge in [-0.1, -0.05) is 32.6 Å². The van der Waals surface area contributed by atoms with E-state index in [9.17, 15) is 0 Å². The van der Waals surface area contributed by atoms with Gasteiger partial charge in [0, 0.05) is 17.2 Å². The lowest BCUT2D eigenvalue weighted by Crippen LogP contribution is -2.16. The first-order valence-electron chi connectivity index (χ1n) is 6.70. The molecule has 100 valence electrons. The van der Waals surface area contributed by atoms with Gasteiger partial charge in [-0.15, -0.1) is 0 Å². The minimum atomic E-state index is 0.905. The van der Waals surface area contributed by atoms with Gasteiger partial charge in [-0.25, -0.2) is 4.98 Å². The summed E-state index contributed by atoms with van der Waals surface area (Å²) in [5.74, 6) is 2.79. The Hall–Kier alpha value is -0.0900. The summed E-state index contributed by atoms with van der Waals surface area (Å²) in [6, 6.07) is 2.03. The average molecular weight is 376 g/mol. The van der Waals surface area contributed by atoms with Crippen molar-refractivity contribution in [3.8, 4) is 0 Å². The van der Waals surface area contributed by atoms with E-state index in [1.807, 2.05) is 12.3 Å². The van der Waals surface area contributed by atoms with E-state index in [4.69, 9.17) is 0 Å². The van der Waals surface area contributed by atoms with Crippen LogP contribution in [0.3, 0.4) is 0 Å². The zero-order valence-electron chi connectivity index (χ0n) is 10.8. The minimum Gasteiger partial charge on any atom is -0.369 e. The molecule has 0 radical (unpaired) electrons. The molecule has 4 heteroatoms. The number of nitrogens with one attached hydrogen (secondary N) is 1. The van der Waals surface area contributed by atoms with Crippen molar-refractivity contribution in [2.24, 2.45) is 11.8 Å². The molecule has 0 spiro atoms. The fourth-order valence-corrected chi connectivity index (χ4v) is 3.68. The summed E-state index contributed by atoms with van der Waals surface area (Å²) in [4.78, 5) is 4.37. The largest absolute Gasteiger partial charge is 0.369 e. The normalized spacial score (nSPS) is 23.9. The van der Waals surface area contributed by atoms with Crippen molar-refractivity contribution in [3.05, 3.63) is 21.2 Å². The molecule has 0 bridgehead atoms. The standard InChI is InChI=1S/C14H20Br2N2/c1-10-2-4-11(5-3-10)6-7-17-14-13(16)8-12(15)9-18-14/h8-11H,2-7H2,1H3,(H,17,18). The molecule has 1 aromatic heterocycles. The number of halogens is 2. The number of pyridine rings is 1. The maximum atomic E-state index is 4.37. The molecule has 1 aromatic rings. The topological polar surface area (TPSA) is 24.9 Å². The highest BCUT2D eigenvalue weighted by molar-refractivity contribution is 9.11. The molecular weight excluding hydrogens is 356 g/mol. The van der Waals surface area contributed by atoms with Crippen LogP contribution in [0, 0.1) is 11.8 Å². The van der Waals surface area contributed by atoms with Crippen LogP contribution in [0.4, 0.5) is 5.82 Å². The molecule has 0 aliphatic heterocycles. The van der Waals surface area contributed by atoms with Crippen molar-refractivity contribution in [3.63, 3.8) is 0 Å². The number of aromatic nitrogens is 1. The Morgan fingerprint density at radius 3 is 2.67 bits per heavy atom. The van der Waals surface area contributed by atoms with Gasteiger partial charge in [-0.2, -0.15) is 0 Å². The third kappa shape index (κ3) is 4.23. The Labute approximate surface area is 126 Å². The van der Waals surface area contributed by atoms with Gasteiger partial charge in [0.25, 0.3) is 0 Å². The lowest BCUT2D eigenvalue weighted by Gasteiger charge is -2.26. The van der Waals surface area contributed by atoms with Crippen LogP contribution in [0.5, 0.6) is 0 Å². The first-order chi connectivity index (χ1) is 8.65. The molecule has 1 heterocycles. The fourth-order valence-electron chi connectivity index (χ4n) is 2.56. The van der Waals surface area contributed by atoms with Gasteiger partial charge in [0.05, 0.1) is 4.47 Å². The van der Waals surface area contributed by atoms with Crippen LogP contribution in [0.2, 0.25) is 0 Å². The Balaban J connectivity index is 1.75. The van der Waals surface area contributed by atoms with Gasteiger partial charge in [0.1, 0.15) is 5.82 Å². The van der Waals surface area contributed by atoms with Crippen LogP contribution >= 0.6 is 31.9 Å². The summed E-state index contributed by atoms with van der Waals surface area (Å²) in [6.45, 7) is 3.39. The molecule has 0 atom stereocenters. The summed E-state index contributed by atoms with van der Waals surface area (Å²) < 4.78 is 2.02. The second kappa shape index (κ2) is 6.90. The second-order valence-electron chi connectivity index (χ2n) is 5.33. The third-order valence-corrected chi connectivity index (χ3v) is 4.83. The summed E-state index contributed by atoms with van der Waals surface area (Å²) >= 11 is 6.94. The first-order valence-corrected chi connectivity index (χ1v) is 8.28. The molecule has 1 N–H and O–H groups in total. The van der Waals surface area contributed by atoms with E-state index in [2.05, 4.69) is 49.1 Å². The van der Waals surface area contributed by atoms with E-state index in [1.165, 1.54) is 32.1 Å². The molecule has 2 nitrogen and oxygen atoms in total. The summed E-state index contributed by atoms with van der Waals surface area (Å²) in [5, 5.41) is 3.42. The third-order valence-electron chi connectivity index (χ3n) is 3.79. The Morgan fingerprint density at radius 2 is 2.00 bits per heavy atom. The smallest absolute Gasteiger partial charge is 0.140 e. The molecule has 2 rings (SSSR count). The van der Waals surface area contributed by atoms with Crippen molar-refractivity contribution in [1.82, 2.24) is 4.98 Å². The van der Waals surface area contributed by atoms with Gasteiger partial charge in [0.15, 0.2) is 0 Å². The summed E-state index contributed by atoms with van der Waals surface area (Å²) in [7, 11) is 0. The fraction of sp³-hybridized carbons (Fsp3) is 0.643. The van der Waals surface area contributed by atoms with Crippen LogP contribution in [0.1, 0.15) is 39.0 Å².